The molecule has 1 aromatic carbocycles. The summed E-state index contributed by atoms with van der Waals surface area (Å²) in [6, 6.07) is 5.83. The number of thioether (sulfide) groups is 1. The highest BCUT2D eigenvalue weighted by atomic mass is 35.5. The monoisotopic (exact) mass is 286 g/mol. The number of nitrogens with one attached hydrogen (secondary N) is 1. The van der Waals surface area contributed by atoms with Crippen LogP contribution < -0.4 is 5.32 Å². The molecule has 0 unspecified atom stereocenters. The average molecular weight is 287 g/mol. The van der Waals surface area contributed by atoms with Gasteiger partial charge in [0.2, 0.25) is 0 Å². The van der Waals surface area contributed by atoms with Gasteiger partial charge in [-0.15, -0.1) is 0 Å². The molecule has 0 aromatic heterocycles. The van der Waals surface area contributed by atoms with Gasteiger partial charge >= 0.3 is 0 Å². The molecule has 0 amide bonds. The Morgan fingerprint density at radius 1 is 1.41 bits per heavy atom. The number of benzene rings is 1. The maximum absolute atomic E-state index is 6.08. The molecule has 17 heavy (non-hydrogen) atoms. The zero-order valence-corrected chi connectivity index (χ0v) is 12.1. The van der Waals surface area contributed by atoms with E-state index in [0.29, 0.717) is 0 Å². The van der Waals surface area contributed by atoms with E-state index in [1.165, 1.54) is 0 Å². The lowest BCUT2D eigenvalue weighted by molar-refractivity contribution is 0.470. The van der Waals surface area contributed by atoms with Gasteiger partial charge in [0, 0.05) is 35.3 Å². The van der Waals surface area contributed by atoms with Crippen molar-refractivity contribution in [2.45, 2.75) is 6.92 Å². The predicted molar refractivity (Wildman–Crippen MR) is 81.3 cm³/mol. The molecule has 0 radical (unpaired) electrons. The van der Waals surface area contributed by atoms with E-state index in [2.05, 4.69) is 10.2 Å². The average Bonchev–Trinajstić information content (AvgIpc) is 2.36. The first-order valence-electron chi connectivity index (χ1n) is 5.57. The maximum Gasteiger partial charge on any atom is 0.173 e. The van der Waals surface area contributed by atoms with E-state index in [0.717, 1.165) is 46.0 Å². The second-order valence-corrected chi connectivity index (χ2v) is 5.96. The Morgan fingerprint density at radius 3 is 2.82 bits per heavy atom. The summed E-state index contributed by atoms with van der Waals surface area (Å²) in [5.74, 6) is 2.30. The van der Waals surface area contributed by atoms with Gasteiger partial charge in [-0.3, -0.25) is 0 Å². The topological polar surface area (TPSA) is 15.3 Å². The number of halogens is 1. The second kappa shape index (κ2) is 5.94. The lowest BCUT2D eigenvalue weighted by Crippen LogP contribution is -2.40. The molecule has 1 N–H and O–H groups in total. The minimum absolute atomic E-state index is 0.770. The summed E-state index contributed by atoms with van der Waals surface area (Å²) < 4.78 is 0. The fraction of sp³-hybridized carbons (Fsp3) is 0.417. The third-order valence-corrected chi connectivity index (χ3v) is 4.52. The summed E-state index contributed by atoms with van der Waals surface area (Å²) >= 11 is 13.5. The molecule has 1 aromatic rings. The van der Waals surface area contributed by atoms with Crippen LogP contribution in [0.5, 0.6) is 0 Å². The standard InChI is InChI=1S/C12H15ClN2S2/c1-9-10(13)3-2-4-11(9)14-12(16)15-5-7-17-8-6-15/h2-4H,5-8H2,1H3,(H,14,16). The van der Waals surface area contributed by atoms with Crippen molar-refractivity contribution in [2.24, 2.45) is 0 Å². The summed E-state index contributed by atoms with van der Waals surface area (Å²) in [6.07, 6.45) is 0. The Morgan fingerprint density at radius 2 is 2.12 bits per heavy atom. The first-order valence-corrected chi connectivity index (χ1v) is 7.51. The highest BCUT2D eigenvalue weighted by molar-refractivity contribution is 7.99. The van der Waals surface area contributed by atoms with Crippen molar-refractivity contribution in [2.75, 3.05) is 29.9 Å². The number of hydrogen-bond acceptors (Lipinski definition) is 2. The Hall–Kier alpha value is -0.450. The van der Waals surface area contributed by atoms with Crippen molar-refractivity contribution in [3.05, 3.63) is 28.8 Å². The van der Waals surface area contributed by atoms with Gasteiger partial charge in [-0.25, -0.2) is 0 Å². The highest BCUT2D eigenvalue weighted by Gasteiger charge is 2.14. The molecule has 0 bridgehead atoms. The SMILES string of the molecule is Cc1c(Cl)cccc1NC(=S)N1CCSCC1. The number of anilines is 1. The smallest absolute Gasteiger partial charge is 0.173 e. The van der Waals surface area contributed by atoms with Crippen LogP contribution in [-0.2, 0) is 0 Å². The summed E-state index contributed by atoms with van der Waals surface area (Å²) in [7, 11) is 0. The van der Waals surface area contributed by atoms with Crippen LogP contribution >= 0.6 is 35.6 Å². The maximum atomic E-state index is 6.08. The van der Waals surface area contributed by atoms with Crippen molar-refractivity contribution in [3.63, 3.8) is 0 Å². The van der Waals surface area contributed by atoms with Crippen molar-refractivity contribution in [1.29, 1.82) is 0 Å². The van der Waals surface area contributed by atoms with Gasteiger partial charge < -0.3 is 10.2 Å². The van der Waals surface area contributed by atoms with Crippen LogP contribution in [0, 0.1) is 6.92 Å². The first kappa shape index (κ1) is 13.0. The minimum atomic E-state index is 0.770. The second-order valence-electron chi connectivity index (χ2n) is 3.94. The van der Waals surface area contributed by atoms with Crippen LogP contribution in [0.15, 0.2) is 18.2 Å². The first-order chi connectivity index (χ1) is 8.18. The van der Waals surface area contributed by atoms with Crippen LogP contribution in [0.4, 0.5) is 5.69 Å². The van der Waals surface area contributed by atoms with Crippen LogP contribution in [0.25, 0.3) is 0 Å². The summed E-state index contributed by atoms with van der Waals surface area (Å²) in [6.45, 7) is 4.05. The largest absolute Gasteiger partial charge is 0.347 e. The molecular weight excluding hydrogens is 272 g/mol. The van der Waals surface area contributed by atoms with Crippen LogP contribution in [0.2, 0.25) is 5.02 Å². The molecule has 0 spiro atoms. The lowest BCUT2D eigenvalue weighted by Gasteiger charge is -2.29. The Labute approximate surface area is 117 Å². The van der Waals surface area contributed by atoms with E-state index in [-0.39, 0.29) is 0 Å². The number of hydrogen-bond donors (Lipinski definition) is 1. The van der Waals surface area contributed by atoms with E-state index in [1.807, 2.05) is 36.9 Å². The van der Waals surface area contributed by atoms with Gasteiger partial charge in [-0.1, -0.05) is 17.7 Å². The molecule has 0 atom stereocenters. The van der Waals surface area contributed by atoms with E-state index in [4.69, 9.17) is 23.8 Å². The third kappa shape index (κ3) is 3.27. The highest BCUT2D eigenvalue weighted by Crippen LogP contribution is 2.23. The summed E-state index contributed by atoms with van der Waals surface area (Å²) in [5.41, 5.74) is 2.05. The Balaban J connectivity index is 2.04. The summed E-state index contributed by atoms with van der Waals surface area (Å²) in [4.78, 5) is 2.21. The molecule has 1 aliphatic rings. The van der Waals surface area contributed by atoms with Crippen LogP contribution in [0.3, 0.4) is 0 Å². The molecule has 1 fully saturated rings. The number of rotatable bonds is 1. The van der Waals surface area contributed by atoms with E-state index >= 15 is 0 Å². The number of thiocarbonyl (C=S) groups is 1. The van der Waals surface area contributed by atoms with Crippen molar-refractivity contribution in [1.82, 2.24) is 4.90 Å². The molecule has 1 heterocycles. The van der Waals surface area contributed by atoms with Gasteiger partial charge in [-0.2, -0.15) is 11.8 Å². The molecule has 1 saturated heterocycles. The molecular formula is C12H15ClN2S2. The lowest BCUT2D eigenvalue weighted by atomic mass is 10.2. The predicted octanol–water partition coefficient (Wildman–Crippen LogP) is 3.39. The van der Waals surface area contributed by atoms with Gasteiger partial charge in [0.05, 0.1) is 0 Å². The normalized spacial score (nSPS) is 15.8. The van der Waals surface area contributed by atoms with Crippen molar-refractivity contribution < 1.29 is 0 Å². The fourth-order valence-electron chi connectivity index (χ4n) is 1.70. The quantitative estimate of drug-likeness (QED) is 0.796. The zero-order chi connectivity index (χ0) is 12.3. The molecule has 2 nitrogen and oxygen atoms in total. The number of nitrogens with zero attached hydrogens (tertiary/aromatic N) is 1. The molecule has 5 heteroatoms. The molecule has 2 rings (SSSR count). The van der Waals surface area contributed by atoms with Gasteiger partial charge in [0.15, 0.2) is 5.11 Å². The van der Waals surface area contributed by atoms with E-state index in [9.17, 15) is 0 Å². The van der Waals surface area contributed by atoms with E-state index in [1.54, 1.807) is 0 Å². The van der Waals surface area contributed by atoms with Gasteiger partial charge in [0.25, 0.3) is 0 Å². The Bertz CT molecular complexity index is 417. The Kier molecular flexibility index (Phi) is 4.54. The molecule has 92 valence electrons. The third-order valence-electron chi connectivity index (χ3n) is 2.81. The van der Waals surface area contributed by atoms with Crippen LogP contribution in [-0.4, -0.2) is 34.6 Å². The van der Waals surface area contributed by atoms with Crippen LogP contribution in [0.1, 0.15) is 5.56 Å². The van der Waals surface area contributed by atoms with Crippen molar-refractivity contribution >= 4 is 46.4 Å². The van der Waals surface area contributed by atoms with Crippen molar-refractivity contribution in [3.8, 4) is 0 Å². The van der Waals surface area contributed by atoms with Gasteiger partial charge in [0.1, 0.15) is 0 Å². The van der Waals surface area contributed by atoms with Gasteiger partial charge in [-0.05, 0) is 36.8 Å². The zero-order valence-electron chi connectivity index (χ0n) is 9.70. The fourth-order valence-corrected chi connectivity index (χ4v) is 3.07. The molecule has 0 aliphatic carbocycles. The minimum Gasteiger partial charge on any atom is -0.347 e. The molecule has 0 saturated carbocycles. The summed E-state index contributed by atoms with van der Waals surface area (Å²) in [5, 5.41) is 4.86. The van der Waals surface area contributed by atoms with E-state index < -0.39 is 0 Å². The molecule has 1 aliphatic heterocycles.